The second-order valence-corrected chi connectivity index (χ2v) is 4.96. The normalized spacial score (nSPS) is 13.6. The monoisotopic (exact) mass is 285 g/mol. The average molecular weight is 285 g/mol. The fourth-order valence-corrected chi connectivity index (χ4v) is 2.32. The summed E-state index contributed by atoms with van der Waals surface area (Å²) in [6.45, 7) is 4.10. The summed E-state index contributed by atoms with van der Waals surface area (Å²) in [5.41, 5.74) is 2.01. The minimum atomic E-state index is -0.363. The quantitative estimate of drug-likeness (QED) is 0.647. The molecule has 1 heterocycles. The molecule has 2 unspecified atom stereocenters. The fourth-order valence-electron chi connectivity index (χ4n) is 2.32. The lowest BCUT2D eigenvalue weighted by Gasteiger charge is -2.22. The molecular weight excluding hydrogens is 266 g/mol. The van der Waals surface area contributed by atoms with E-state index in [1.807, 2.05) is 31.2 Å². The molecule has 1 aromatic heterocycles. The minimum Gasteiger partial charge on any atom is -0.302 e. The first kappa shape index (κ1) is 15.1. The van der Waals surface area contributed by atoms with Crippen LogP contribution in [0.5, 0.6) is 0 Å². The van der Waals surface area contributed by atoms with Crippen LogP contribution in [-0.2, 0) is 0 Å². The third kappa shape index (κ3) is 3.86. The summed E-state index contributed by atoms with van der Waals surface area (Å²) in [4.78, 5) is 14.9. The van der Waals surface area contributed by atoms with Gasteiger partial charge in [0, 0.05) is 30.4 Å². The number of non-ortho nitro benzene ring substituents is 1. The van der Waals surface area contributed by atoms with Crippen LogP contribution in [0, 0.1) is 10.1 Å². The molecule has 0 fully saturated rings. The van der Waals surface area contributed by atoms with Crippen LogP contribution in [-0.4, -0.2) is 9.91 Å². The number of hydrogen-bond acceptors (Lipinski definition) is 4. The Kier molecular flexibility index (Phi) is 5.00. The number of rotatable bonds is 6. The lowest BCUT2D eigenvalue weighted by atomic mass is 10.0. The minimum absolute atomic E-state index is 0.0573. The van der Waals surface area contributed by atoms with E-state index in [-0.39, 0.29) is 22.7 Å². The summed E-state index contributed by atoms with van der Waals surface area (Å²) < 4.78 is 0. The number of nitrogens with zero attached hydrogens (tertiary/aromatic N) is 2. The second-order valence-electron chi connectivity index (χ2n) is 4.96. The Hall–Kier alpha value is -2.27. The highest BCUT2D eigenvalue weighted by molar-refractivity contribution is 5.36. The summed E-state index contributed by atoms with van der Waals surface area (Å²) in [5.74, 6) is 0. The molecule has 1 N–H and O–H groups in total. The molecule has 0 aliphatic carbocycles. The van der Waals surface area contributed by atoms with E-state index < -0.39 is 0 Å². The Balaban J connectivity index is 2.16. The molecule has 21 heavy (non-hydrogen) atoms. The second kappa shape index (κ2) is 6.95. The lowest BCUT2D eigenvalue weighted by molar-refractivity contribution is -0.384. The third-order valence-electron chi connectivity index (χ3n) is 3.47. The van der Waals surface area contributed by atoms with Gasteiger partial charge in [-0.1, -0.05) is 25.1 Å². The predicted molar refractivity (Wildman–Crippen MR) is 81.9 cm³/mol. The van der Waals surface area contributed by atoms with E-state index in [2.05, 4.69) is 17.2 Å². The molecule has 2 rings (SSSR count). The molecule has 0 spiro atoms. The fraction of sp³-hybridized carbons (Fsp3) is 0.312. The summed E-state index contributed by atoms with van der Waals surface area (Å²) in [6.07, 6.45) is 2.61. The Morgan fingerprint density at radius 1 is 1.29 bits per heavy atom. The van der Waals surface area contributed by atoms with Crippen LogP contribution in [0.4, 0.5) is 5.69 Å². The van der Waals surface area contributed by atoms with Gasteiger partial charge >= 0.3 is 0 Å². The zero-order chi connectivity index (χ0) is 15.2. The van der Waals surface area contributed by atoms with Crippen molar-refractivity contribution < 1.29 is 4.92 Å². The summed E-state index contributed by atoms with van der Waals surface area (Å²) >= 11 is 0. The van der Waals surface area contributed by atoms with Gasteiger partial charge in [0.15, 0.2) is 0 Å². The smallest absolute Gasteiger partial charge is 0.269 e. The van der Waals surface area contributed by atoms with E-state index >= 15 is 0 Å². The van der Waals surface area contributed by atoms with Crippen molar-refractivity contribution in [3.05, 3.63) is 70.0 Å². The molecule has 0 bridgehead atoms. The molecule has 110 valence electrons. The van der Waals surface area contributed by atoms with E-state index in [4.69, 9.17) is 0 Å². The van der Waals surface area contributed by atoms with Gasteiger partial charge in [-0.2, -0.15) is 0 Å². The third-order valence-corrected chi connectivity index (χ3v) is 3.47. The SMILES string of the molecule is CCC(NC(C)c1ccccn1)c1cccc([N+](=O)[O-])c1. The van der Waals surface area contributed by atoms with E-state index in [9.17, 15) is 10.1 Å². The predicted octanol–water partition coefficient (Wildman–Crippen LogP) is 3.79. The number of aromatic nitrogens is 1. The Morgan fingerprint density at radius 3 is 2.71 bits per heavy atom. The van der Waals surface area contributed by atoms with Gasteiger partial charge in [-0.25, -0.2) is 0 Å². The van der Waals surface area contributed by atoms with E-state index in [0.29, 0.717) is 0 Å². The first-order valence-corrected chi connectivity index (χ1v) is 7.03. The van der Waals surface area contributed by atoms with Crippen LogP contribution in [0.2, 0.25) is 0 Å². The van der Waals surface area contributed by atoms with Gasteiger partial charge in [0.25, 0.3) is 5.69 Å². The molecule has 5 nitrogen and oxygen atoms in total. The Labute approximate surface area is 124 Å². The summed E-state index contributed by atoms with van der Waals surface area (Å²) in [7, 11) is 0. The maximum Gasteiger partial charge on any atom is 0.269 e. The molecule has 0 radical (unpaired) electrons. The van der Waals surface area contributed by atoms with Gasteiger partial charge in [-0.3, -0.25) is 15.1 Å². The van der Waals surface area contributed by atoms with Crippen molar-refractivity contribution in [2.24, 2.45) is 0 Å². The zero-order valence-corrected chi connectivity index (χ0v) is 12.2. The molecule has 0 saturated carbocycles. The number of pyridine rings is 1. The van der Waals surface area contributed by atoms with Crippen LogP contribution in [0.1, 0.15) is 43.6 Å². The number of nitrogens with one attached hydrogen (secondary N) is 1. The maximum absolute atomic E-state index is 10.9. The van der Waals surface area contributed by atoms with Gasteiger partial charge in [-0.05, 0) is 31.0 Å². The zero-order valence-electron chi connectivity index (χ0n) is 12.2. The van der Waals surface area contributed by atoms with Crippen LogP contribution in [0.15, 0.2) is 48.7 Å². The first-order chi connectivity index (χ1) is 10.1. The van der Waals surface area contributed by atoms with E-state index in [0.717, 1.165) is 17.7 Å². The topological polar surface area (TPSA) is 68.1 Å². The van der Waals surface area contributed by atoms with Crippen molar-refractivity contribution >= 4 is 5.69 Å². The van der Waals surface area contributed by atoms with E-state index in [1.54, 1.807) is 18.3 Å². The highest BCUT2D eigenvalue weighted by Crippen LogP contribution is 2.24. The van der Waals surface area contributed by atoms with Crippen molar-refractivity contribution in [3.8, 4) is 0 Å². The van der Waals surface area contributed by atoms with Crippen LogP contribution in [0.3, 0.4) is 0 Å². The number of benzene rings is 1. The van der Waals surface area contributed by atoms with Crippen molar-refractivity contribution in [1.29, 1.82) is 0 Å². The van der Waals surface area contributed by atoms with Gasteiger partial charge in [0.05, 0.1) is 10.6 Å². The lowest BCUT2D eigenvalue weighted by Crippen LogP contribution is -2.24. The van der Waals surface area contributed by atoms with Crippen LogP contribution in [0.25, 0.3) is 0 Å². The standard InChI is InChI=1S/C16H19N3O2/c1-3-15(13-7-6-8-14(11-13)19(20)21)18-12(2)16-9-4-5-10-17-16/h4-12,15,18H,3H2,1-2H3. The largest absolute Gasteiger partial charge is 0.302 e. The maximum atomic E-state index is 10.9. The molecule has 2 atom stereocenters. The average Bonchev–Trinajstić information content (AvgIpc) is 2.53. The number of nitro groups is 1. The van der Waals surface area contributed by atoms with Crippen molar-refractivity contribution in [2.45, 2.75) is 32.4 Å². The highest BCUT2D eigenvalue weighted by Gasteiger charge is 2.16. The molecule has 0 aliphatic rings. The van der Waals surface area contributed by atoms with Crippen molar-refractivity contribution in [3.63, 3.8) is 0 Å². The van der Waals surface area contributed by atoms with Crippen molar-refractivity contribution in [2.75, 3.05) is 0 Å². The number of hydrogen-bond donors (Lipinski definition) is 1. The van der Waals surface area contributed by atoms with Gasteiger partial charge in [-0.15, -0.1) is 0 Å². The van der Waals surface area contributed by atoms with Crippen LogP contribution >= 0.6 is 0 Å². The van der Waals surface area contributed by atoms with Gasteiger partial charge in [0.1, 0.15) is 0 Å². The first-order valence-electron chi connectivity index (χ1n) is 7.03. The Bertz CT molecular complexity index is 601. The molecule has 5 heteroatoms. The Morgan fingerprint density at radius 2 is 2.10 bits per heavy atom. The van der Waals surface area contributed by atoms with Crippen LogP contribution < -0.4 is 5.32 Å². The van der Waals surface area contributed by atoms with Gasteiger partial charge < -0.3 is 5.32 Å². The molecule has 0 amide bonds. The summed E-state index contributed by atoms with van der Waals surface area (Å²) in [5, 5.41) is 14.4. The molecule has 0 saturated heterocycles. The molecular formula is C16H19N3O2. The highest BCUT2D eigenvalue weighted by atomic mass is 16.6. The molecule has 1 aromatic carbocycles. The molecule has 2 aromatic rings. The van der Waals surface area contributed by atoms with Crippen molar-refractivity contribution in [1.82, 2.24) is 10.3 Å². The van der Waals surface area contributed by atoms with Gasteiger partial charge in [0.2, 0.25) is 0 Å². The summed E-state index contributed by atoms with van der Waals surface area (Å²) in [6, 6.07) is 12.7. The van der Waals surface area contributed by atoms with E-state index in [1.165, 1.54) is 6.07 Å². The molecule has 0 aliphatic heterocycles. The number of nitro benzene ring substituents is 1.